The SMILES string of the molecule is CCn1c(=O)n(C)c2cc(-c3[nH]c(C(=O)NC4CCOC4)nc3-c3cccc(C)c3)ccc21. The fourth-order valence-electron chi connectivity index (χ4n) is 4.46. The maximum absolute atomic E-state index is 12.9. The molecule has 1 saturated heterocycles. The fourth-order valence-corrected chi connectivity index (χ4v) is 4.46. The number of benzene rings is 2. The van der Waals surface area contributed by atoms with E-state index in [1.807, 2.05) is 56.3 Å². The number of aromatic nitrogens is 4. The minimum absolute atomic E-state index is 0.00634. The number of nitrogens with one attached hydrogen (secondary N) is 2. The molecular weight excluding hydrogens is 418 g/mol. The highest BCUT2D eigenvalue weighted by Crippen LogP contribution is 2.32. The second-order valence-corrected chi connectivity index (χ2v) is 8.50. The number of imidazole rings is 2. The van der Waals surface area contributed by atoms with Crippen molar-refractivity contribution in [1.29, 1.82) is 0 Å². The summed E-state index contributed by atoms with van der Waals surface area (Å²) < 4.78 is 8.77. The average Bonchev–Trinajstić information content (AvgIpc) is 3.53. The molecule has 1 aliphatic heterocycles. The lowest BCUT2D eigenvalue weighted by Gasteiger charge is -2.08. The highest BCUT2D eigenvalue weighted by atomic mass is 16.5. The number of aromatic amines is 1. The van der Waals surface area contributed by atoms with Gasteiger partial charge in [0.2, 0.25) is 0 Å². The summed E-state index contributed by atoms with van der Waals surface area (Å²) in [6.07, 6.45) is 0.795. The normalized spacial score (nSPS) is 15.9. The van der Waals surface area contributed by atoms with Gasteiger partial charge in [0.15, 0.2) is 5.82 Å². The van der Waals surface area contributed by atoms with Gasteiger partial charge in [-0.15, -0.1) is 0 Å². The molecule has 2 aromatic heterocycles. The highest BCUT2D eigenvalue weighted by Gasteiger charge is 2.23. The van der Waals surface area contributed by atoms with E-state index in [9.17, 15) is 9.59 Å². The van der Waals surface area contributed by atoms with Gasteiger partial charge < -0.3 is 15.0 Å². The van der Waals surface area contributed by atoms with Crippen LogP contribution in [0.3, 0.4) is 0 Å². The van der Waals surface area contributed by atoms with Gasteiger partial charge in [-0.1, -0.05) is 29.8 Å². The zero-order valence-corrected chi connectivity index (χ0v) is 19.0. The Balaban J connectivity index is 1.63. The predicted molar refractivity (Wildman–Crippen MR) is 127 cm³/mol. The van der Waals surface area contributed by atoms with E-state index in [1.54, 1.807) is 16.2 Å². The van der Waals surface area contributed by atoms with Crippen LogP contribution in [0, 0.1) is 6.92 Å². The van der Waals surface area contributed by atoms with Crippen LogP contribution in [-0.2, 0) is 18.3 Å². The van der Waals surface area contributed by atoms with Gasteiger partial charge in [-0.3, -0.25) is 13.9 Å². The Bertz CT molecular complexity index is 1410. The van der Waals surface area contributed by atoms with Gasteiger partial charge in [-0.25, -0.2) is 9.78 Å². The summed E-state index contributed by atoms with van der Waals surface area (Å²) in [4.78, 5) is 33.5. The van der Waals surface area contributed by atoms with Crippen molar-refractivity contribution in [2.24, 2.45) is 7.05 Å². The smallest absolute Gasteiger partial charge is 0.328 e. The number of amides is 1. The molecule has 1 amide bonds. The van der Waals surface area contributed by atoms with Crippen molar-refractivity contribution in [3.05, 3.63) is 64.3 Å². The number of fused-ring (bicyclic) bond motifs is 1. The second kappa shape index (κ2) is 8.37. The first-order valence-electron chi connectivity index (χ1n) is 11.2. The fraction of sp³-hybridized carbons (Fsp3) is 0.320. The van der Waals surface area contributed by atoms with E-state index in [-0.39, 0.29) is 23.5 Å². The third kappa shape index (κ3) is 3.76. The highest BCUT2D eigenvalue weighted by molar-refractivity contribution is 5.94. The van der Waals surface area contributed by atoms with Crippen molar-refractivity contribution in [2.75, 3.05) is 13.2 Å². The monoisotopic (exact) mass is 445 g/mol. The van der Waals surface area contributed by atoms with Gasteiger partial charge in [-0.05, 0) is 38.5 Å². The van der Waals surface area contributed by atoms with Crippen LogP contribution in [0.5, 0.6) is 0 Å². The van der Waals surface area contributed by atoms with Gasteiger partial charge in [0.05, 0.1) is 35.1 Å². The number of nitrogens with zero attached hydrogens (tertiary/aromatic N) is 3. The van der Waals surface area contributed by atoms with E-state index in [2.05, 4.69) is 10.3 Å². The first-order valence-corrected chi connectivity index (χ1v) is 11.2. The minimum atomic E-state index is -0.253. The summed E-state index contributed by atoms with van der Waals surface area (Å²) in [5.74, 6) is 0.00443. The largest absolute Gasteiger partial charge is 0.379 e. The molecule has 0 radical (unpaired) electrons. The summed E-state index contributed by atoms with van der Waals surface area (Å²) in [5.41, 5.74) is 5.99. The standard InChI is InChI=1S/C25H27N5O3/c1-4-30-19-9-8-17(13-20(19)29(3)25(30)32)22-21(16-7-5-6-15(2)12-16)27-23(28-22)24(31)26-18-10-11-33-14-18/h5-9,12-13,18H,4,10-11,14H2,1-3H3,(H,26,31)(H,27,28). The third-order valence-electron chi connectivity index (χ3n) is 6.23. The number of hydrogen-bond acceptors (Lipinski definition) is 4. The summed E-state index contributed by atoms with van der Waals surface area (Å²) in [6.45, 7) is 5.75. The summed E-state index contributed by atoms with van der Waals surface area (Å²) >= 11 is 0. The van der Waals surface area contributed by atoms with Gasteiger partial charge in [-0.2, -0.15) is 0 Å². The Morgan fingerprint density at radius 3 is 2.79 bits per heavy atom. The third-order valence-corrected chi connectivity index (χ3v) is 6.23. The van der Waals surface area contributed by atoms with Gasteiger partial charge in [0, 0.05) is 31.3 Å². The molecule has 0 bridgehead atoms. The van der Waals surface area contributed by atoms with Crippen molar-refractivity contribution in [3.8, 4) is 22.5 Å². The second-order valence-electron chi connectivity index (χ2n) is 8.50. The lowest BCUT2D eigenvalue weighted by atomic mass is 10.0. The van der Waals surface area contributed by atoms with Crippen LogP contribution in [0.15, 0.2) is 47.3 Å². The number of H-pyrrole nitrogens is 1. The van der Waals surface area contributed by atoms with E-state index in [4.69, 9.17) is 9.72 Å². The number of carbonyl (C=O) groups excluding carboxylic acids is 1. The predicted octanol–water partition coefficient (Wildman–Crippen LogP) is 3.24. The molecule has 2 N–H and O–H groups in total. The van der Waals surface area contributed by atoms with E-state index < -0.39 is 0 Å². The summed E-state index contributed by atoms with van der Waals surface area (Å²) in [7, 11) is 1.78. The summed E-state index contributed by atoms with van der Waals surface area (Å²) in [5, 5.41) is 3.00. The molecule has 0 spiro atoms. The number of ether oxygens (including phenoxy) is 1. The van der Waals surface area contributed by atoms with E-state index in [0.717, 1.165) is 39.8 Å². The Morgan fingerprint density at radius 2 is 2.06 bits per heavy atom. The van der Waals surface area contributed by atoms with Crippen LogP contribution >= 0.6 is 0 Å². The molecule has 0 saturated carbocycles. The van der Waals surface area contributed by atoms with E-state index in [1.165, 1.54) is 0 Å². The maximum atomic E-state index is 12.9. The topological polar surface area (TPSA) is 93.9 Å². The molecular formula is C25H27N5O3. The number of aryl methyl sites for hydroxylation is 3. The average molecular weight is 446 g/mol. The lowest BCUT2D eigenvalue weighted by molar-refractivity contribution is 0.0920. The zero-order chi connectivity index (χ0) is 23.1. The van der Waals surface area contributed by atoms with Gasteiger partial charge in [0.1, 0.15) is 0 Å². The molecule has 4 aromatic rings. The quantitative estimate of drug-likeness (QED) is 0.493. The molecule has 0 aliphatic carbocycles. The van der Waals surface area contributed by atoms with Gasteiger partial charge >= 0.3 is 5.69 Å². The Kier molecular flexibility index (Phi) is 5.38. The number of carbonyl (C=O) groups is 1. The molecule has 1 unspecified atom stereocenters. The molecule has 2 aromatic carbocycles. The zero-order valence-electron chi connectivity index (χ0n) is 19.0. The first-order chi connectivity index (χ1) is 16.0. The number of rotatable bonds is 5. The van der Waals surface area contributed by atoms with E-state index in [0.29, 0.717) is 25.5 Å². The van der Waals surface area contributed by atoms with Crippen LogP contribution in [0.1, 0.15) is 29.5 Å². The molecule has 3 heterocycles. The van der Waals surface area contributed by atoms with Crippen LogP contribution < -0.4 is 11.0 Å². The molecule has 8 heteroatoms. The Hall–Kier alpha value is -3.65. The van der Waals surface area contributed by atoms with Crippen LogP contribution in [0.2, 0.25) is 0 Å². The van der Waals surface area contributed by atoms with Crippen LogP contribution in [0.25, 0.3) is 33.5 Å². The molecule has 8 nitrogen and oxygen atoms in total. The molecule has 170 valence electrons. The van der Waals surface area contributed by atoms with Gasteiger partial charge in [0.25, 0.3) is 5.91 Å². The molecule has 1 aliphatic rings. The summed E-state index contributed by atoms with van der Waals surface area (Å²) in [6, 6.07) is 13.9. The molecule has 5 rings (SSSR count). The number of hydrogen-bond donors (Lipinski definition) is 2. The van der Waals surface area contributed by atoms with Crippen molar-refractivity contribution < 1.29 is 9.53 Å². The van der Waals surface area contributed by atoms with Crippen molar-refractivity contribution in [3.63, 3.8) is 0 Å². The molecule has 1 fully saturated rings. The molecule has 33 heavy (non-hydrogen) atoms. The first kappa shape index (κ1) is 21.2. The van der Waals surface area contributed by atoms with Crippen LogP contribution in [-0.4, -0.2) is 44.3 Å². The van der Waals surface area contributed by atoms with Crippen molar-refractivity contribution >= 4 is 16.9 Å². The lowest BCUT2D eigenvalue weighted by Crippen LogP contribution is -2.35. The Morgan fingerprint density at radius 1 is 1.21 bits per heavy atom. The molecule has 1 atom stereocenters. The van der Waals surface area contributed by atoms with Crippen molar-refractivity contribution in [1.82, 2.24) is 24.4 Å². The minimum Gasteiger partial charge on any atom is -0.379 e. The van der Waals surface area contributed by atoms with Crippen LogP contribution in [0.4, 0.5) is 0 Å². The van der Waals surface area contributed by atoms with E-state index >= 15 is 0 Å². The van der Waals surface area contributed by atoms with Crippen molar-refractivity contribution in [2.45, 2.75) is 32.9 Å². The maximum Gasteiger partial charge on any atom is 0.328 e. The Labute approximate surface area is 191 Å².